The highest BCUT2D eigenvalue weighted by molar-refractivity contribution is 5.83. The zero-order valence-electron chi connectivity index (χ0n) is 29.3. The van der Waals surface area contributed by atoms with Crippen LogP contribution in [-0.2, 0) is 16.7 Å². The fourth-order valence-corrected chi connectivity index (χ4v) is 7.90. The maximum Gasteiger partial charge on any atom is 0.408 e. The zero-order valence-corrected chi connectivity index (χ0v) is 29.3. The smallest absolute Gasteiger partial charge is 0.408 e. The van der Waals surface area contributed by atoms with Crippen molar-refractivity contribution in [2.24, 2.45) is 0 Å². The van der Waals surface area contributed by atoms with Crippen LogP contribution in [0.5, 0.6) is 5.75 Å². The number of aromatic nitrogens is 4. The van der Waals surface area contributed by atoms with E-state index in [-0.39, 0.29) is 6.04 Å². The summed E-state index contributed by atoms with van der Waals surface area (Å²) < 4.78 is 11.8. The average Bonchev–Trinajstić information content (AvgIpc) is 3.85. The molecular formula is C40H44N6O5. The van der Waals surface area contributed by atoms with Gasteiger partial charge in [0, 0.05) is 24.2 Å². The van der Waals surface area contributed by atoms with E-state index in [0.29, 0.717) is 25.4 Å². The summed E-state index contributed by atoms with van der Waals surface area (Å²) in [6.45, 7) is 6.66. The summed E-state index contributed by atoms with van der Waals surface area (Å²) in [7, 11) is 0. The van der Waals surface area contributed by atoms with E-state index >= 15 is 0 Å². The summed E-state index contributed by atoms with van der Waals surface area (Å²) in [6.07, 6.45) is 5.73. The molecule has 2 amide bonds. The molecule has 11 nitrogen and oxygen atoms in total. The molecule has 0 radical (unpaired) electrons. The molecule has 3 aliphatic rings. The third-order valence-corrected chi connectivity index (χ3v) is 10.4. The largest absolute Gasteiger partial charge is 0.492 e. The highest BCUT2D eigenvalue weighted by Crippen LogP contribution is 2.41. The Balaban J connectivity index is 1.03. The van der Waals surface area contributed by atoms with Crippen LogP contribution < -0.4 is 10.1 Å². The molecule has 1 saturated carbocycles. The van der Waals surface area contributed by atoms with Gasteiger partial charge in [0.2, 0.25) is 0 Å². The number of fused-ring (bicyclic) bond motifs is 4. The van der Waals surface area contributed by atoms with Crippen molar-refractivity contribution in [2.45, 2.75) is 89.3 Å². The summed E-state index contributed by atoms with van der Waals surface area (Å²) in [5.41, 5.74) is 7.60. The first-order chi connectivity index (χ1) is 24.5. The van der Waals surface area contributed by atoms with Crippen molar-refractivity contribution in [3.05, 3.63) is 78.0 Å². The molecule has 1 unspecified atom stereocenters. The summed E-state index contributed by atoms with van der Waals surface area (Å²) in [5.74, 6) is 2.26. The Bertz CT molecular complexity index is 2100. The van der Waals surface area contributed by atoms with Gasteiger partial charge >= 0.3 is 12.2 Å². The first kappa shape index (κ1) is 32.9. The Kier molecular flexibility index (Phi) is 8.23. The number of carbonyl (C=O) groups is 2. The van der Waals surface area contributed by atoms with Crippen molar-refractivity contribution >= 4 is 23.2 Å². The number of carbonyl (C=O) groups excluding carboxylic acids is 1. The number of alkyl carbamates (subject to hydrolysis) is 1. The molecule has 0 bridgehead atoms. The number of hydrogen-bond acceptors (Lipinski definition) is 6. The molecule has 5 aromatic rings. The normalized spacial score (nSPS) is 18.4. The minimum Gasteiger partial charge on any atom is -0.492 e. The van der Waals surface area contributed by atoms with Crippen LogP contribution in [-0.4, -0.2) is 60.9 Å². The number of amides is 2. The minimum absolute atomic E-state index is 0.248. The second kappa shape index (κ2) is 12.8. The van der Waals surface area contributed by atoms with Crippen molar-refractivity contribution in [1.82, 2.24) is 30.2 Å². The maximum atomic E-state index is 12.9. The van der Waals surface area contributed by atoms with E-state index in [1.165, 1.54) is 4.90 Å². The highest BCUT2D eigenvalue weighted by atomic mass is 16.6. The van der Waals surface area contributed by atoms with Crippen LogP contribution in [0.3, 0.4) is 0 Å². The lowest BCUT2D eigenvalue weighted by Gasteiger charge is -2.36. The average molecular weight is 689 g/mol. The lowest BCUT2D eigenvalue weighted by molar-refractivity contribution is 0.0412. The summed E-state index contributed by atoms with van der Waals surface area (Å²) >= 11 is 0. The number of aromatic amines is 2. The number of benzene rings is 3. The monoisotopic (exact) mass is 688 g/mol. The lowest BCUT2D eigenvalue weighted by Crippen LogP contribution is -2.49. The first-order valence-corrected chi connectivity index (χ1v) is 18.0. The highest BCUT2D eigenvalue weighted by Gasteiger charge is 2.40. The lowest BCUT2D eigenvalue weighted by atomic mass is 9.81. The standard InChI is InChI=1S/C40H44N6O5/c1-39(2,3)51-37(47)45-40(18-5-4-6-19-40)36-42-29-16-14-26(22-31(29)43-36)24-9-11-25(12-10-24)27-13-15-28-33(23-27)50-21-17-30-34(28)44-35(41-30)32-8-7-20-46(32)38(48)49/h9-16,22-23,32H,4-8,17-21H2,1-3H3,(H,41,44)(H,42,43)(H,45,47)(H,48,49). The number of carboxylic acid groups (broad SMARTS) is 1. The van der Waals surface area contributed by atoms with Crippen molar-refractivity contribution < 1.29 is 24.2 Å². The SMILES string of the molecule is CC(C)(C)OC(=O)NC1(c2nc3ccc(-c4ccc(-c5ccc6c(c5)OCCc5[nH]c(C7CCCN7C(=O)O)nc5-6)cc4)cc3[nH]2)CCCCC1. The van der Waals surface area contributed by atoms with E-state index < -0.39 is 23.3 Å². The Hall–Kier alpha value is -5.32. The number of hydrogen-bond donors (Lipinski definition) is 4. The van der Waals surface area contributed by atoms with Gasteiger partial charge in [0.25, 0.3) is 0 Å². The van der Waals surface area contributed by atoms with Crippen molar-refractivity contribution in [3.8, 4) is 39.3 Å². The van der Waals surface area contributed by atoms with Crippen LogP contribution in [0.4, 0.5) is 9.59 Å². The molecule has 1 aliphatic carbocycles. The molecule has 4 N–H and O–H groups in total. The number of nitrogens with zero attached hydrogens (tertiary/aromatic N) is 3. The third-order valence-electron chi connectivity index (χ3n) is 10.4. The number of H-pyrrole nitrogens is 2. The van der Waals surface area contributed by atoms with Gasteiger partial charge in [-0.3, -0.25) is 4.90 Å². The van der Waals surface area contributed by atoms with Crippen molar-refractivity contribution in [2.75, 3.05) is 13.2 Å². The molecule has 2 fully saturated rings. The van der Waals surface area contributed by atoms with Gasteiger partial charge in [-0.2, -0.15) is 0 Å². The van der Waals surface area contributed by atoms with Crippen molar-refractivity contribution in [3.63, 3.8) is 0 Å². The Morgan fingerprint density at radius 2 is 1.63 bits per heavy atom. The molecule has 8 rings (SSSR count). The molecule has 51 heavy (non-hydrogen) atoms. The predicted molar refractivity (Wildman–Crippen MR) is 195 cm³/mol. The second-order valence-electron chi connectivity index (χ2n) is 15.1. The topological polar surface area (TPSA) is 145 Å². The fraction of sp³-hybridized carbons (Fsp3) is 0.400. The summed E-state index contributed by atoms with van der Waals surface area (Å²) in [6, 6.07) is 20.7. The quantitative estimate of drug-likeness (QED) is 0.144. The van der Waals surface area contributed by atoms with E-state index in [1.807, 2.05) is 26.8 Å². The molecule has 0 spiro atoms. The zero-order chi connectivity index (χ0) is 35.3. The molecule has 2 aliphatic heterocycles. The Labute approximate surface area is 296 Å². The molecule has 2 aromatic heterocycles. The maximum absolute atomic E-state index is 12.9. The van der Waals surface area contributed by atoms with Gasteiger partial charge in [-0.15, -0.1) is 0 Å². The number of rotatable bonds is 5. The van der Waals surface area contributed by atoms with Crippen LogP contribution >= 0.6 is 0 Å². The van der Waals surface area contributed by atoms with Gasteiger partial charge in [-0.05, 0) is 93.0 Å². The third kappa shape index (κ3) is 6.41. The first-order valence-electron chi connectivity index (χ1n) is 18.0. The fourth-order valence-electron chi connectivity index (χ4n) is 7.90. The number of ether oxygens (including phenoxy) is 2. The van der Waals surface area contributed by atoms with E-state index in [9.17, 15) is 14.7 Å². The van der Waals surface area contributed by atoms with Crippen LogP contribution in [0.2, 0.25) is 0 Å². The Morgan fingerprint density at radius 3 is 2.35 bits per heavy atom. The van der Waals surface area contributed by atoms with Crippen LogP contribution in [0.1, 0.15) is 89.1 Å². The van der Waals surface area contributed by atoms with Gasteiger partial charge in [0.1, 0.15) is 28.5 Å². The molecule has 4 heterocycles. The van der Waals surface area contributed by atoms with E-state index in [2.05, 4.69) is 69.9 Å². The Morgan fingerprint density at radius 1 is 0.922 bits per heavy atom. The molecular weight excluding hydrogens is 644 g/mol. The van der Waals surface area contributed by atoms with Gasteiger partial charge in [-0.25, -0.2) is 19.6 Å². The van der Waals surface area contributed by atoms with Crippen LogP contribution in [0, 0.1) is 0 Å². The van der Waals surface area contributed by atoms with Gasteiger partial charge in [0.05, 0.1) is 29.4 Å². The minimum atomic E-state index is -0.906. The molecule has 264 valence electrons. The number of nitrogens with one attached hydrogen (secondary N) is 3. The molecule has 1 atom stereocenters. The summed E-state index contributed by atoms with van der Waals surface area (Å²) in [4.78, 5) is 43.0. The van der Waals surface area contributed by atoms with Crippen LogP contribution in [0.25, 0.3) is 44.5 Å². The van der Waals surface area contributed by atoms with Gasteiger partial charge in [-0.1, -0.05) is 55.7 Å². The number of imidazole rings is 2. The molecule has 3 aromatic carbocycles. The predicted octanol–water partition coefficient (Wildman–Crippen LogP) is 8.72. The molecule has 1 saturated heterocycles. The molecule has 11 heteroatoms. The van der Waals surface area contributed by atoms with Crippen molar-refractivity contribution in [1.29, 1.82) is 0 Å². The van der Waals surface area contributed by atoms with Gasteiger partial charge in [0.15, 0.2) is 0 Å². The van der Waals surface area contributed by atoms with Gasteiger partial charge < -0.3 is 29.9 Å². The summed E-state index contributed by atoms with van der Waals surface area (Å²) in [5, 5.41) is 12.9. The van der Waals surface area contributed by atoms with E-state index in [0.717, 1.165) is 107 Å². The van der Waals surface area contributed by atoms with E-state index in [4.69, 9.17) is 19.4 Å². The van der Waals surface area contributed by atoms with E-state index in [1.54, 1.807) is 0 Å². The second-order valence-corrected chi connectivity index (χ2v) is 15.1. The van der Waals surface area contributed by atoms with Crippen LogP contribution in [0.15, 0.2) is 60.7 Å². The number of likely N-dealkylation sites (tertiary alicyclic amines) is 1.